The van der Waals surface area contributed by atoms with Crippen molar-refractivity contribution in [3.8, 4) is 6.01 Å². The number of hydrazine groups is 1. The number of nitrogens with zero attached hydrogens (tertiary/aromatic N) is 3. The van der Waals surface area contributed by atoms with Crippen LogP contribution in [0.4, 0.5) is 11.9 Å². The molecule has 0 aliphatic rings. The molecule has 9 nitrogen and oxygen atoms in total. The van der Waals surface area contributed by atoms with E-state index in [1.54, 1.807) is 7.05 Å². The first-order valence-corrected chi connectivity index (χ1v) is 5.49. The van der Waals surface area contributed by atoms with Crippen LogP contribution in [0.5, 0.6) is 6.01 Å². The van der Waals surface area contributed by atoms with Gasteiger partial charge < -0.3 is 15.4 Å². The van der Waals surface area contributed by atoms with E-state index in [0.29, 0.717) is 6.61 Å². The number of hydrogen-bond donors (Lipinski definition) is 4. The lowest BCUT2D eigenvalue weighted by molar-refractivity contribution is -0.118. The molecule has 9 heteroatoms. The second-order valence-corrected chi connectivity index (χ2v) is 3.28. The topological polar surface area (TPSA) is 127 Å². The smallest absolute Gasteiger partial charge is 0.323 e. The Morgan fingerprint density at radius 2 is 2.06 bits per heavy atom. The van der Waals surface area contributed by atoms with Crippen LogP contribution >= 0.6 is 0 Å². The maximum absolute atomic E-state index is 11.1. The number of nitrogens with two attached hydrogens (primary N) is 1. The minimum absolute atomic E-state index is 0.0533. The van der Waals surface area contributed by atoms with Crippen LogP contribution in [0.25, 0.3) is 0 Å². The molecule has 0 unspecified atom stereocenters. The molecule has 0 radical (unpaired) electrons. The molecular formula is C9H17N7O2. The number of nitrogen functional groups attached to an aromatic ring is 1. The van der Waals surface area contributed by atoms with Crippen LogP contribution < -0.4 is 26.6 Å². The molecule has 1 amide bonds. The number of carbonyl (C=O) groups is 1. The molecule has 0 atom stereocenters. The van der Waals surface area contributed by atoms with Gasteiger partial charge in [-0.15, -0.1) is 0 Å². The van der Waals surface area contributed by atoms with Gasteiger partial charge in [-0.05, 0) is 6.42 Å². The monoisotopic (exact) mass is 255 g/mol. The lowest BCUT2D eigenvalue weighted by Gasteiger charge is -2.08. The molecule has 1 rings (SSSR count). The minimum atomic E-state index is -0.186. The fourth-order valence-corrected chi connectivity index (χ4v) is 1.01. The van der Waals surface area contributed by atoms with Crippen molar-refractivity contribution in [3.63, 3.8) is 0 Å². The second-order valence-electron chi connectivity index (χ2n) is 3.28. The summed E-state index contributed by atoms with van der Waals surface area (Å²) in [4.78, 5) is 22.9. The number of aromatic nitrogens is 3. The van der Waals surface area contributed by atoms with E-state index >= 15 is 0 Å². The molecule has 0 aliphatic carbocycles. The molecule has 0 bridgehead atoms. The van der Waals surface area contributed by atoms with E-state index in [-0.39, 0.29) is 30.4 Å². The Bertz CT molecular complexity index is 399. The first-order chi connectivity index (χ1) is 8.69. The number of ether oxygens (including phenoxy) is 1. The van der Waals surface area contributed by atoms with Crippen molar-refractivity contribution in [2.75, 3.05) is 30.9 Å². The molecule has 0 aromatic carbocycles. The Hall–Kier alpha value is -2.16. The zero-order chi connectivity index (χ0) is 13.4. The van der Waals surface area contributed by atoms with Crippen molar-refractivity contribution in [2.45, 2.75) is 13.3 Å². The standard InChI is InChI=1S/C9H17N7O2/c1-3-4-18-9-14-7(12-5-6(17)11-2)13-8(15-9)16-10/h3-5,10H2,1-2H3,(H,11,17)(H2,12,13,14,15,16). The average molecular weight is 255 g/mol. The maximum atomic E-state index is 11.1. The zero-order valence-electron chi connectivity index (χ0n) is 10.4. The van der Waals surface area contributed by atoms with E-state index in [2.05, 4.69) is 31.0 Å². The summed E-state index contributed by atoms with van der Waals surface area (Å²) in [6.45, 7) is 2.51. The normalized spacial score (nSPS) is 9.72. The molecule has 100 valence electrons. The summed E-state index contributed by atoms with van der Waals surface area (Å²) in [5.74, 6) is 5.42. The molecule has 0 spiro atoms. The number of rotatable bonds is 7. The van der Waals surface area contributed by atoms with Gasteiger partial charge in [0, 0.05) is 7.05 Å². The fraction of sp³-hybridized carbons (Fsp3) is 0.556. The van der Waals surface area contributed by atoms with Gasteiger partial charge in [0.2, 0.25) is 17.8 Å². The van der Waals surface area contributed by atoms with Gasteiger partial charge in [0.05, 0.1) is 13.2 Å². The summed E-state index contributed by atoms with van der Waals surface area (Å²) in [5, 5.41) is 5.21. The van der Waals surface area contributed by atoms with Crippen molar-refractivity contribution in [1.29, 1.82) is 0 Å². The SMILES string of the molecule is CCCOc1nc(NN)nc(NCC(=O)NC)n1. The number of nitrogens with one attached hydrogen (secondary N) is 3. The average Bonchev–Trinajstić information content (AvgIpc) is 2.42. The minimum Gasteiger partial charge on any atom is -0.463 e. The van der Waals surface area contributed by atoms with Gasteiger partial charge in [0.25, 0.3) is 0 Å². The number of carbonyl (C=O) groups excluding carboxylic acids is 1. The van der Waals surface area contributed by atoms with Crippen LogP contribution in [0, 0.1) is 0 Å². The Kier molecular flexibility index (Phi) is 5.58. The van der Waals surface area contributed by atoms with Crippen molar-refractivity contribution in [3.05, 3.63) is 0 Å². The van der Waals surface area contributed by atoms with E-state index in [9.17, 15) is 4.79 Å². The van der Waals surface area contributed by atoms with Crippen LogP contribution in [-0.2, 0) is 4.79 Å². The van der Waals surface area contributed by atoms with Crippen LogP contribution in [-0.4, -0.2) is 41.1 Å². The zero-order valence-corrected chi connectivity index (χ0v) is 10.4. The highest BCUT2D eigenvalue weighted by molar-refractivity contribution is 5.79. The van der Waals surface area contributed by atoms with Crippen LogP contribution in [0.2, 0.25) is 0 Å². The Morgan fingerprint density at radius 3 is 2.67 bits per heavy atom. The van der Waals surface area contributed by atoms with E-state index in [4.69, 9.17) is 10.6 Å². The van der Waals surface area contributed by atoms with E-state index < -0.39 is 0 Å². The lowest BCUT2D eigenvalue weighted by Crippen LogP contribution is -2.27. The third-order valence-electron chi connectivity index (χ3n) is 1.87. The van der Waals surface area contributed by atoms with E-state index in [0.717, 1.165) is 6.42 Å². The number of hydrogen-bond acceptors (Lipinski definition) is 8. The predicted octanol–water partition coefficient (Wildman–Crippen LogP) is -0.896. The number of likely N-dealkylation sites (N-methyl/N-ethyl adjacent to an activating group) is 1. The van der Waals surface area contributed by atoms with Crippen molar-refractivity contribution < 1.29 is 9.53 Å². The van der Waals surface area contributed by atoms with Crippen LogP contribution in [0.1, 0.15) is 13.3 Å². The molecule has 0 saturated carbocycles. The highest BCUT2D eigenvalue weighted by Gasteiger charge is 2.07. The Balaban J connectivity index is 2.73. The highest BCUT2D eigenvalue weighted by Crippen LogP contribution is 2.10. The molecule has 0 fully saturated rings. The predicted molar refractivity (Wildman–Crippen MR) is 66.0 cm³/mol. The summed E-state index contributed by atoms with van der Waals surface area (Å²) in [6, 6.07) is 0.152. The summed E-state index contributed by atoms with van der Waals surface area (Å²) in [7, 11) is 1.54. The summed E-state index contributed by atoms with van der Waals surface area (Å²) in [6.07, 6.45) is 0.831. The first kappa shape index (κ1) is 13.9. The third-order valence-corrected chi connectivity index (χ3v) is 1.87. The van der Waals surface area contributed by atoms with E-state index in [1.807, 2.05) is 6.92 Å². The number of amides is 1. The first-order valence-electron chi connectivity index (χ1n) is 5.49. The van der Waals surface area contributed by atoms with Gasteiger partial charge >= 0.3 is 6.01 Å². The maximum Gasteiger partial charge on any atom is 0.323 e. The molecule has 18 heavy (non-hydrogen) atoms. The van der Waals surface area contributed by atoms with Crippen molar-refractivity contribution >= 4 is 17.8 Å². The van der Waals surface area contributed by atoms with Gasteiger partial charge in [-0.2, -0.15) is 15.0 Å². The molecule has 1 aromatic heterocycles. The molecular weight excluding hydrogens is 238 g/mol. The molecule has 0 saturated heterocycles. The molecule has 1 heterocycles. The van der Waals surface area contributed by atoms with Crippen molar-refractivity contribution in [1.82, 2.24) is 20.3 Å². The summed E-state index contributed by atoms with van der Waals surface area (Å²) >= 11 is 0. The third kappa shape index (κ3) is 4.37. The molecule has 1 aromatic rings. The number of anilines is 2. The van der Waals surface area contributed by atoms with Crippen molar-refractivity contribution in [2.24, 2.45) is 5.84 Å². The van der Waals surface area contributed by atoms with Gasteiger partial charge in [-0.3, -0.25) is 10.2 Å². The highest BCUT2D eigenvalue weighted by atomic mass is 16.5. The van der Waals surface area contributed by atoms with Gasteiger partial charge in [0.1, 0.15) is 0 Å². The summed E-state index contributed by atoms with van der Waals surface area (Å²) in [5.41, 5.74) is 2.30. The van der Waals surface area contributed by atoms with Gasteiger partial charge in [-0.1, -0.05) is 6.92 Å². The Morgan fingerprint density at radius 1 is 1.33 bits per heavy atom. The lowest BCUT2D eigenvalue weighted by atomic mass is 10.5. The van der Waals surface area contributed by atoms with Gasteiger partial charge in [-0.25, -0.2) is 5.84 Å². The second kappa shape index (κ2) is 7.22. The van der Waals surface area contributed by atoms with Gasteiger partial charge in [0.15, 0.2) is 0 Å². The molecule has 5 N–H and O–H groups in total. The molecule has 0 aliphatic heterocycles. The van der Waals surface area contributed by atoms with Crippen LogP contribution in [0.15, 0.2) is 0 Å². The van der Waals surface area contributed by atoms with Crippen LogP contribution in [0.3, 0.4) is 0 Å². The fourth-order valence-electron chi connectivity index (χ4n) is 1.01. The largest absolute Gasteiger partial charge is 0.463 e. The quantitative estimate of drug-likeness (QED) is 0.365. The Labute approximate surface area is 105 Å². The van der Waals surface area contributed by atoms with E-state index in [1.165, 1.54) is 0 Å². The summed E-state index contributed by atoms with van der Waals surface area (Å²) < 4.78 is 5.27.